The fourth-order valence-corrected chi connectivity index (χ4v) is 3.43. The molecule has 0 radical (unpaired) electrons. The molecule has 0 aliphatic rings. The average molecular weight is 528 g/mol. The molecule has 1 heterocycles. The number of benzene rings is 2. The number of aliphatic imine (C=N–C) groups is 1. The second-order valence-corrected chi connectivity index (χ2v) is 8.87. The normalized spacial score (nSPS) is 11.7. The van der Waals surface area contributed by atoms with Crippen LogP contribution in [0, 0.1) is 0 Å². The second-order valence-electron chi connectivity index (χ2n) is 8.87. The zero-order valence-electron chi connectivity index (χ0n) is 22.7. The van der Waals surface area contributed by atoms with Crippen LogP contribution in [0.2, 0.25) is 0 Å². The first-order valence-corrected chi connectivity index (χ1v) is 12.8. The first kappa shape index (κ1) is 28.9. The summed E-state index contributed by atoms with van der Waals surface area (Å²) in [4.78, 5) is 27.6. The lowest BCUT2D eigenvalue weighted by Gasteiger charge is -2.15. The van der Waals surface area contributed by atoms with Crippen LogP contribution in [0.25, 0.3) is 0 Å². The highest BCUT2D eigenvalue weighted by atomic mass is 16.1. The van der Waals surface area contributed by atoms with E-state index in [1.165, 1.54) is 12.3 Å². The van der Waals surface area contributed by atoms with Gasteiger partial charge >= 0.3 is 0 Å². The second kappa shape index (κ2) is 15.5. The molecule has 204 valence electrons. The van der Waals surface area contributed by atoms with Crippen molar-refractivity contribution in [3.8, 4) is 0 Å². The number of carbonyl (C=O) groups excluding carboxylic acids is 1. The lowest BCUT2D eigenvalue weighted by Crippen LogP contribution is -2.13. The lowest BCUT2D eigenvalue weighted by atomic mass is 10.2. The number of nitrogens with one attached hydrogen (secondary N) is 4. The van der Waals surface area contributed by atoms with Gasteiger partial charge in [0, 0.05) is 67.8 Å². The van der Waals surface area contributed by atoms with Gasteiger partial charge in [-0.1, -0.05) is 42.5 Å². The maximum absolute atomic E-state index is 12.2. The van der Waals surface area contributed by atoms with E-state index in [0.29, 0.717) is 49.3 Å². The van der Waals surface area contributed by atoms with Gasteiger partial charge in [-0.25, -0.2) is 4.98 Å². The summed E-state index contributed by atoms with van der Waals surface area (Å²) in [5.74, 6) is 0.913. The topological polar surface area (TPSA) is 133 Å². The molecular formula is C29H37N9O. The molecule has 0 atom stereocenters. The number of likely N-dealkylation sites (N-methyl/N-ethyl adjacent to an activating group) is 1. The summed E-state index contributed by atoms with van der Waals surface area (Å²) in [5.41, 5.74) is 9.89. The van der Waals surface area contributed by atoms with Crippen molar-refractivity contribution in [1.82, 2.24) is 14.9 Å². The Labute approximate surface area is 230 Å². The molecule has 0 fully saturated rings. The fraction of sp³-hybridized carbons (Fsp3) is 0.241. The average Bonchev–Trinajstić information content (AvgIpc) is 2.94. The number of anilines is 4. The number of allylic oxidation sites excluding steroid dienone is 1. The van der Waals surface area contributed by atoms with Crippen LogP contribution in [-0.4, -0.2) is 54.2 Å². The molecule has 0 saturated heterocycles. The summed E-state index contributed by atoms with van der Waals surface area (Å²) in [6, 6.07) is 17.7. The van der Waals surface area contributed by atoms with Crippen LogP contribution in [0.15, 0.2) is 89.8 Å². The Bertz CT molecular complexity index is 1290. The smallest absolute Gasteiger partial charge is 0.248 e. The van der Waals surface area contributed by atoms with E-state index in [1.807, 2.05) is 74.5 Å². The molecule has 39 heavy (non-hydrogen) atoms. The SMILES string of the molecule is CCN=C/C(=C\N)Nc1ncc(CNc2cccc(NC(=O)/C=C/CN(C)C)c2)c(NCc2ccccc2)n1. The molecule has 1 amide bonds. The Morgan fingerprint density at radius 3 is 2.56 bits per heavy atom. The maximum atomic E-state index is 12.2. The Hall–Kier alpha value is -4.70. The number of hydrogen-bond donors (Lipinski definition) is 5. The number of nitrogens with two attached hydrogens (primary N) is 1. The van der Waals surface area contributed by atoms with Crippen molar-refractivity contribution in [1.29, 1.82) is 0 Å². The lowest BCUT2D eigenvalue weighted by molar-refractivity contribution is -0.111. The molecule has 0 unspecified atom stereocenters. The third kappa shape index (κ3) is 10.3. The molecule has 1 aromatic heterocycles. The van der Waals surface area contributed by atoms with Crippen molar-refractivity contribution in [2.75, 3.05) is 48.5 Å². The third-order valence-electron chi connectivity index (χ3n) is 5.37. The zero-order chi connectivity index (χ0) is 27.9. The predicted octanol–water partition coefficient (Wildman–Crippen LogP) is 4.06. The van der Waals surface area contributed by atoms with E-state index in [0.717, 1.165) is 16.8 Å². The van der Waals surface area contributed by atoms with E-state index < -0.39 is 0 Å². The van der Waals surface area contributed by atoms with Crippen molar-refractivity contribution < 1.29 is 4.79 Å². The Kier molecular flexibility index (Phi) is 11.5. The number of carbonyl (C=O) groups is 1. The number of aromatic nitrogens is 2. The highest BCUT2D eigenvalue weighted by Crippen LogP contribution is 2.20. The van der Waals surface area contributed by atoms with Gasteiger partial charge in [-0.3, -0.25) is 9.79 Å². The standard InChI is InChI=1S/C29H37N9O/c1-4-31-21-26(17-30)36-29-34-20-23(28(37-29)33-18-22-10-6-5-7-11-22)19-32-24-12-8-13-25(16-24)35-27(39)14-9-15-38(2)3/h5-14,16-17,20-21,32H,4,15,18-19,30H2,1-3H3,(H,35,39)(H2,33,34,36,37)/b14-9+,26-17+,31-21?. The zero-order valence-corrected chi connectivity index (χ0v) is 22.7. The monoisotopic (exact) mass is 527 g/mol. The summed E-state index contributed by atoms with van der Waals surface area (Å²) >= 11 is 0. The van der Waals surface area contributed by atoms with Crippen molar-refractivity contribution in [2.24, 2.45) is 10.7 Å². The van der Waals surface area contributed by atoms with Crippen molar-refractivity contribution in [3.63, 3.8) is 0 Å². The van der Waals surface area contributed by atoms with Crippen LogP contribution in [0.1, 0.15) is 18.1 Å². The van der Waals surface area contributed by atoms with Gasteiger partial charge in [0.2, 0.25) is 11.9 Å². The summed E-state index contributed by atoms with van der Waals surface area (Å²) in [7, 11) is 3.90. The molecule has 3 rings (SSSR count). The van der Waals surface area contributed by atoms with Gasteiger partial charge in [-0.05, 0) is 44.8 Å². The molecule has 10 nitrogen and oxygen atoms in total. The Balaban J connectivity index is 1.72. The van der Waals surface area contributed by atoms with Crippen LogP contribution in [-0.2, 0) is 17.9 Å². The fourth-order valence-electron chi connectivity index (χ4n) is 3.43. The predicted molar refractivity (Wildman–Crippen MR) is 161 cm³/mol. The van der Waals surface area contributed by atoms with Crippen molar-refractivity contribution in [3.05, 3.63) is 96.0 Å². The molecule has 0 aliphatic carbocycles. The molecular weight excluding hydrogens is 490 g/mol. The van der Waals surface area contributed by atoms with Crippen LogP contribution < -0.4 is 27.0 Å². The summed E-state index contributed by atoms with van der Waals surface area (Å²) in [6.45, 7) is 4.36. The molecule has 0 spiro atoms. The van der Waals surface area contributed by atoms with E-state index in [2.05, 4.69) is 43.4 Å². The summed E-state index contributed by atoms with van der Waals surface area (Å²) in [6.07, 6.45) is 8.21. The van der Waals surface area contributed by atoms with Gasteiger partial charge in [0.1, 0.15) is 5.82 Å². The summed E-state index contributed by atoms with van der Waals surface area (Å²) < 4.78 is 0. The van der Waals surface area contributed by atoms with Gasteiger partial charge in [0.05, 0.1) is 5.70 Å². The minimum Gasteiger partial charge on any atom is -0.403 e. The van der Waals surface area contributed by atoms with Crippen LogP contribution in [0.3, 0.4) is 0 Å². The molecule has 2 aromatic carbocycles. The Morgan fingerprint density at radius 2 is 1.82 bits per heavy atom. The van der Waals surface area contributed by atoms with E-state index in [1.54, 1.807) is 12.4 Å². The van der Waals surface area contributed by atoms with Crippen LogP contribution in [0.4, 0.5) is 23.1 Å². The number of rotatable bonds is 14. The number of hydrogen-bond acceptors (Lipinski definition) is 9. The van der Waals surface area contributed by atoms with E-state index in [9.17, 15) is 4.79 Å². The van der Waals surface area contributed by atoms with Crippen molar-refractivity contribution >= 4 is 35.3 Å². The van der Waals surface area contributed by atoms with Gasteiger partial charge in [0.25, 0.3) is 0 Å². The first-order chi connectivity index (χ1) is 19.0. The van der Waals surface area contributed by atoms with Gasteiger partial charge in [-0.15, -0.1) is 0 Å². The minimum atomic E-state index is -0.173. The molecule has 0 aliphatic heterocycles. The molecule has 6 N–H and O–H groups in total. The molecule has 0 bridgehead atoms. The van der Waals surface area contributed by atoms with Crippen LogP contribution >= 0.6 is 0 Å². The van der Waals surface area contributed by atoms with Crippen LogP contribution in [0.5, 0.6) is 0 Å². The Morgan fingerprint density at radius 1 is 1.03 bits per heavy atom. The molecule has 3 aromatic rings. The van der Waals surface area contributed by atoms with Gasteiger partial charge < -0.3 is 31.9 Å². The van der Waals surface area contributed by atoms with Crippen molar-refractivity contribution in [2.45, 2.75) is 20.0 Å². The maximum Gasteiger partial charge on any atom is 0.248 e. The molecule has 0 saturated carbocycles. The number of amides is 1. The van der Waals surface area contributed by atoms with E-state index in [4.69, 9.17) is 10.7 Å². The van der Waals surface area contributed by atoms with Gasteiger partial charge in [-0.2, -0.15) is 4.98 Å². The summed E-state index contributed by atoms with van der Waals surface area (Å²) in [5, 5.41) is 12.8. The highest BCUT2D eigenvalue weighted by Gasteiger charge is 2.09. The van der Waals surface area contributed by atoms with E-state index >= 15 is 0 Å². The van der Waals surface area contributed by atoms with Gasteiger partial charge in [0.15, 0.2) is 0 Å². The molecule has 10 heteroatoms. The quantitative estimate of drug-likeness (QED) is 0.157. The minimum absolute atomic E-state index is 0.173. The highest BCUT2D eigenvalue weighted by molar-refractivity contribution is 5.99. The van der Waals surface area contributed by atoms with E-state index in [-0.39, 0.29) is 5.91 Å². The first-order valence-electron chi connectivity index (χ1n) is 12.8. The largest absolute Gasteiger partial charge is 0.403 e. The number of nitrogens with zero attached hydrogens (tertiary/aromatic N) is 4. The third-order valence-corrected chi connectivity index (χ3v) is 5.37.